The maximum absolute atomic E-state index is 11.4. The van der Waals surface area contributed by atoms with Crippen molar-refractivity contribution >= 4 is 11.0 Å². The van der Waals surface area contributed by atoms with Gasteiger partial charge in [0, 0.05) is 38.6 Å². The number of phenols is 1. The fourth-order valence-electron chi connectivity index (χ4n) is 8.48. The summed E-state index contributed by atoms with van der Waals surface area (Å²) in [7, 11) is 0. The minimum Gasteiger partial charge on any atom is -0.507 e. The zero-order chi connectivity index (χ0) is 42.2. The van der Waals surface area contributed by atoms with Gasteiger partial charge in [0.25, 0.3) is 0 Å². The van der Waals surface area contributed by atoms with Crippen molar-refractivity contribution in [3.63, 3.8) is 0 Å². The number of nitrogens with zero attached hydrogens (tertiary/aromatic N) is 3. The molecule has 0 fully saturated rings. The average Bonchev–Trinajstić information content (AvgIpc) is 3.72. The van der Waals surface area contributed by atoms with Crippen molar-refractivity contribution in [2.24, 2.45) is 0 Å². The van der Waals surface area contributed by atoms with Crippen LogP contribution in [0.2, 0.25) is 0 Å². The number of fused-ring (bicyclic) bond motifs is 1. The van der Waals surface area contributed by atoms with Gasteiger partial charge in [-0.25, -0.2) is 4.98 Å². The van der Waals surface area contributed by atoms with E-state index in [1.165, 1.54) is 27.8 Å². The van der Waals surface area contributed by atoms with Crippen LogP contribution in [-0.2, 0) is 26.5 Å². The van der Waals surface area contributed by atoms with Crippen molar-refractivity contribution < 1.29 is 26.2 Å². The van der Waals surface area contributed by atoms with Crippen LogP contribution in [0.4, 0.5) is 0 Å². The van der Waals surface area contributed by atoms with Crippen LogP contribution in [0.1, 0.15) is 26.3 Å². The predicted molar refractivity (Wildman–Crippen MR) is 256 cm³/mol. The number of rotatable bonds is 8. The molecular formula is C58H44N3OPt-. The molecule has 10 aromatic rings. The Bertz CT molecular complexity index is 3210. The smallest absolute Gasteiger partial charge is 0.148 e. The van der Waals surface area contributed by atoms with Gasteiger partial charge in [0.05, 0.1) is 16.6 Å². The molecule has 0 saturated heterocycles. The normalized spacial score (nSPS) is 11.3. The number of pyridine rings is 1. The van der Waals surface area contributed by atoms with Crippen LogP contribution in [0, 0.1) is 6.07 Å². The zero-order valence-electron chi connectivity index (χ0n) is 35.2. The van der Waals surface area contributed by atoms with E-state index in [0.29, 0.717) is 11.4 Å². The van der Waals surface area contributed by atoms with E-state index in [0.717, 1.165) is 61.4 Å². The molecule has 2 heterocycles. The van der Waals surface area contributed by atoms with Crippen molar-refractivity contribution in [3.05, 3.63) is 218 Å². The molecule has 5 heteroatoms. The Hall–Kier alpha value is -7.13. The SMILES string of the molecule is CC(C)(C)c1cc(-n2c(-c3ccccc3O)nc3c(-c4[c-]c(-c5cc(-c6ccc(-c7ccccc7)cc6)ccn5)cc(-c5ccccc5)c4)cccc32)ccc1-c1ccccc1.[Pt]. The number of aromatic hydroxyl groups is 1. The van der Waals surface area contributed by atoms with Gasteiger partial charge in [-0.05, 0) is 86.3 Å². The van der Waals surface area contributed by atoms with Gasteiger partial charge < -0.3 is 5.11 Å². The fraction of sp³-hybridized carbons (Fsp3) is 0.0690. The maximum Gasteiger partial charge on any atom is 0.148 e. The van der Waals surface area contributed by atoms with Crippen molar-refractivity contribution in [2.75, 3.05) is 0 Å². The molecule has 308 valence electrons. The summed E-state index contributed by atoms with van der Waals surface area (Å²) < 4.78 is 2.19. The second-order valence-electron chi connectivity index (χ2n) is 16.7. The fourth-order valence-corrected chi connectivity index (χ4v) is 8.48. The van der Waals surface area contributed by atoms with E-state index in [1.54, 1.807) is 6.07 Å². The minimum absolute atomic E-state index is 0. The summed E-state index contributed by atoms with van der Waals surface area (Å²) in [6, 6.07) is 73.0. The van der Waals surface area contributed by atoms with Gasteiger partial charge in [-0.3, -0.25) is 9.55 Å². The first-order valence-electron chi connectivity index (χ1n) is 21.0. The molecule has 0 bridgehead atoms. The van der Waals surface area contributed by atoms with Crippen LogP contribution in [0.25, 0.3) is 95.0 Å². The van der Waals surface area contributed by atoms with E-state index in [9.17, 15) is 5.11 Å². The largest absolute Gasteiger partial charge is 0.507 e. The third kappa shape index (κ3) is 8.19. The molecule has 0 radical (unpaired) electrons. The molecule has 63 heavy (non-hydrogen) atoms. The molecular weight excluding hydrogens is 950 g/mol. The monoisotopic (exact) mass is 993 g/mol. The summed E-state index contributed by atoms with van der Waals surface area (Å²) in [6.07, 6.45) is 1.88. The van der Waals surface area contributed by atoms with E-state index < -0.39 is 0 Å². The molecule has 0 aliphatic rings. The summed E-state index contributed by atoms with van der Waals surface area (Å²) in [5.41, 5.74) is 17.0. The van der Waals surface area contributed by atoms with E-state index in [1.807, 2.05) is 36.5 Å². The second-order valence-corrected chi connectivity index (χ2v) is 16.7. The van der Waals surface area contributed by atoms with Gasteiger partial charge in [0.15, 0.2) is 0 Å². The van der Waals surface area contributed by atoms with Gasteiger partial charge in [-0.15, -0.1) is 23.8 Å². The van der Waals surface area contributed by atoms with Crippen LogP contribution in [0.3, 0.4) is 0 Å². The Labute approximate surface area is 383 Å². The van der Waals surface area contributed by atoms with Crippen LogP contribution in [-0.4, -0.2) is 19.6 Å². The summed E-state index contributed by atoms with van der Waals surface area (Å²) >= 11 is 0. The molecule has 0 saturated carbocycles. The van der Waals surface area contributed by atoms with Crippen molar-refractivity contribution in [3.8, 4) is 89.7 Å². The standard InChI is InChI=1S/C58H44N3O.Pt/c1-58(2,3)52-38-48(30-31-49(52)43-20-11-6-12-21-43)61-54-24-15-23-50(56(54)60-57(61)51-22-13-14-25-55(51)62)46-34-45(40-18-9-5-10-19-40)35-47(36-46)53-37-44(32-33-59-53)42-28-26-41(27-29-42)39-16-7-4-8-17-39;/h4-35,37-38,62H,1-3H3;/q-1;. The molecule has 0 spiro atoms. The van der Waals surface area contributed by atoms with Crippen LogP contribution in [0.5, 0.6) is 5.75 Å². The third-order valence-corrected chi connectivity index (χ3v) is 11.6. The number of para-hydroxylation sites is 2. The first-order chi connectivity index (χ1) is 30.3. The van der Waals surface area contributed by atoms with Crippen molar-refractivity contribution in [1.29, 1.82) is 0 Å². The first-order valence-corrected chi connectivity index (χ1v) is 21.0. The number of aromatic nitrogens is 3. The number of phenolic OH excluding ortho intramolecular Hbond substituents is 1. The predicted octanol–water partition coefficient (Wildman–Crippen LogP) is 14.9. The minimum atomic E-state index is -0.155. The number of benzene rings is 8. The van der Waals surface area contributed by atoms with Gasteiger partial charge in [-0.1, -0.05) is 189 Å². The van der Waals surface area contributed by atoms with E-state index >= 15 is 0 Å². The number of imidazole rings is 1. The molecule has 2 aromatic heterocycles. The van der Waals surface area contributed by atoms with Gasteiger partial charge in [0.1, 0.15) is 11.6 Å². The molecule has 0 aliphatic heterocycles. The molecule has 10 rings (SSSR count). The van der Waals surface area contributed by atoms with Crippen LogP contribution >= 0.6 is 0 Å². The number of hydrogen-bond acceptors (Lipinski definition) is 3. The molecule has 0 amide bonds. The Kier molecular flexibility index (Phi) is 11.3. The van der Waals surface area contributed by atoms with Crippen LogP contribution < -0.4 is 0 Å². The average molecular weight is 994 g/mol. The third-order valence-electron chi connectivity index (χ3n) is 11.6. The Balaban J connectivity index is 0.00000504. The summed E-state index contributed by atoms with van der Waals surface area (Å²) in [4.78, 5) is 10.3. The molecule has 4 nitrogen and oxygen atoms in total. The second kappa shape index (κ2) is 17.3. The van der Waals surface area contributed by atoms with Crippen molar-refractivity contribution in [2.45, 2.75) is 26.2 Å². The molecule has 8 aromatic carbocycles. The van der Waals surface area contributed by atoms with Gasteiger partial charge in [0.2, 0.25) is 0 Å². The first kappa shape index (κ1) is 41.2. The Morgan fingerprint density at radius 1 is 0.476 bits per heavy atom. The molecule has 1 N–H and O–H groups in total. The topological polar surface area (TPSA) is 50.9 Å². The molecule has 0 atom stereocenters. The summed E-state index contributed by atoms with van der Waals surface area (Å²) in [5.74, 6) is 0.827. The summed E-state index contributed by atoms with van der Waals surface area (Å²) in [6.45, 7) is 6.77. The van der Waals surface area contributed by atoms with E-state index in [2.05, 4.69) is 195 Å². The van der Waals surface area contributed by atoms with E-state index in [-0.39, 0.29) is 32.2 Å². The van der Waals surface area contributed by atoms with Gasteiger partial charge >= 0.3 is 0 Å². The van der Waals surface area contributed by atoms with Crippen LogP contribution in [0.15, 0.2) is 206 Å². The quantitative estimate of drug-likeness (QED) is 0.154. The van der Waals surface area contributed by atoms with Crippen molar-refractivity contribution in [1.82, 2.24) is 14.5 Å². The van der Waals surface area contributed by atoms with E-state index in [4.69, 9.17) is 9.97 Å². The zero-order valence-corrected chi connectivity index (χ0v) is 37.5. The van der Waals surface area contributed by atoms with Gasteiger partial charge in [-0.2, -0.15) is 0 Å². The number of hydrogen-bond donors (Lipinski definition) is 1. The summed E-state index contributed by atoms with van der Waals surface area (Å²) in [5, 5.41) is 11.4. The molecule has 0 aliphatic carbocycles. The Morgan fingerprint density at radius 3 is 1.71 bits per heavy atom. The molecule has 0 unspecified atom stereocenters. The Morgan fingerprint density at radius 2 is 1.05 bits per heavy atom. The maximum atomic E-state index is 11.4.